The molecule has 0 spiro atoms. The van der Waals surface area contributed by atoms with E-state index in [1.807, 2.05) is 31.2 Å². The third-order valence-corrected chi connectivity index (χ3v) is 5.93. The molecule has 3 heterocycles. The maximum Gasteiger partial charge on any atom is 0.244 e. The van der Waals surface area contributed by atoms with Crippen LogP contribution in [0.2, 0.25) is 0 Å². The van der Waals surface area contributed by atoms with E-state index in [9.17, 15) is 9.59 Å². The molecule has 160 valence electrons. The highest BCUT2D eigenvalue weighted by Crippen LogP contribution is 2.36. The Morgan fingerprint density at radius 3 is 2.40 bits per heavy atom. The number of rotatable bonds is 5. The lowest BCUT2D eigenvalue weighted by atomic mass is 9.73. The highest BCUT2D eigenvalue weighted by Gasteiger charge is 2.42. The molecule has 2 aliphatic heterocycles. The number of aryl methyl sites for hydroxylation is 1. The van der Waals surface area contributed by atoms with Crippen molar-refractivity contribution in [2.24, 2.45) is 0 Å². The van der Waals surface area contributed by atoms with Crippen LogP contribution in [0.3, 0.4) is 0 Å². The molecule has 2 fully saturated rings. The van der Waals surface area contributed by atoms with Crippen LogP contribution in [0, 0.1) is 6.92 Å². The fraction of sp³-hybridized carbons (Fsp3) is 0.500. The van der Waals surface area contributed by atoms with Gasteiger partial charge in [0.1, 0.15) is 6.54 Å². The second kappa shape index (κ2) is 8.97. The average Bonchev–Trinajstić information content (AvgIpc) is 3.22. The van der Waals surface area contributed by atoms with Gasteiger partial charge in [0, 0.05) is 38.6 Å². The molecule has 0 atom stereocenters. The predicted molar refractivity (Wildman–Crippen MR) is 111 cm³/mol. The van der Waals surface area contributed by atoms with E-state index in [-0.39, 0.29) is 18.4 Å². The van der Waals surface area contributed by atoms with Crippen molar-refractivity contribution in [1.29, 1.82) is 0 Å². The Kier molecular flexibility index (Phi) is 6.15. The van der Waals surface area contributed by atoms with Crippen LogP contribution in [0.5, 0.6) is 0 Å². The van der Waals surface area contributed by atoms with Crippen molar-refractivity contribution in [3.05, 3.63) is 47.7 Å². The van der Waals surface area contributed by atoms with E-state index in [1.165, 1.54) is 0 Å². The predicted octanol–water partition coefficient (Wildman–Crippen LogP) is 1.74. The topological polar surface area (TPSA) is 85.7 Å². The van der Waals surface area contributed by atoms with Crippen LogP contribution in [0.15, 0.2) is 36.5 Å². The third-order valence-electron chi connectivity index (χ3n) is 5.93. The maximum atomic E-state index is 13.3. The van der Waals surface area contributed by atoms with Crippen molar-refractivity contribution in [2.75, 3.05) is 44.8 Å². The van der Waals surface area contributed by atoms with Crippen molar-refractivity contribution >= 4 is 17.6 Å². The summed E-state index contributed by atoms with van der Waals surface area (Å²) in [5.41, 5.74) is 1.51. The Morgan fingerprint density at radius 1 is 1.03 bits per heavy atom. The maximum absolute atomic E-state index is 13.3. The van der Waals surface area contributed by atoms with Crippen molar-refractivity contribution in [1.82, 2.24) is 14.7 Å². The van der Waals surface area contributed by atoms with Gasteiger partial charge in [0.2, 0.25) is 11.8 Å². The number of nitrogens with zero attached hydrogens (tertiary/aromatic N) is 3. The van der Waals surface area contributed by atoms with Crippen LogP contribution in [0.4, 0.5) is 5.82 Å². The summed E-state index contributed by atoms with van der Waals surface area (Å²) in [4.78, 5) is 27.5. The normalized spacial score (nSPS) is 18.8. The molecule has 0 aliphatic carbocycles. The van der Waals surface area contributed by atoms with E-state index in [2.05, 4.69) is 10.4 Å². The van der Waals surface area contributed by atoms with E-state index in [0.29, 0.717) is 58.2 Å². The summed E-state index contributed by atoms with van der Waals surface area (Å²) >= 11 is 0. The number of anilines is 1. The minimum Gasteiger partial charge on any atom is -0.381 e. The van der Waals surface area contributed by atoms with E-state index < -0.39 is 5.41 Å². The number of nitrogens with one attached hydrogen (secondary N) is 1. The number of amides is 2. The lowest BCUT2D eigenvalue weighted by Gasteiger charge is -2.36. The number of aromatic nitrogens is 2. The molecule has 8 nitrogen and oxygen atoms in total. The largest absolute Gasteiger partial charge is 0.381 e. The van der Waals surface area contributed by atoms with Gasteiger partial charge in [-0.2, -0.15) is 5.10 Å². The Bertz CT molecular complexity index is 881. The van der Waals surface area contributed by atoms with Crippen LogP contribution in [-0.4, -0.2) is 66.0 Å². The molecule has 2 aromatic rings. The van der Waals surface area contributed by atoms with Gasteiger partial charge in [0.15, 0.2) is 5.82 Å². The lowest BCUT2D eigenvalue weighted by Crippen LogP contribution is -2.45. The summed E-state index contributed by atoms with van der Waals surface area (Å²) in [7, 11) is 0. The molecule has 0 radical (unpaired) electrons. The van der Waals surface area contributed by atoms with Gasteiger partial charge in [-0.25, -0.2) is 0 Å². The molecular weight excluding hydrogens is 384 g/mol. The van der Waals surface area contributed by atoms with Crippen LogP contribution in [0.25, 0.3) is 0 Å². The first kappa shape index (κ1) is 20.6. The number of carbonyl (C=O) groups excluding carboxylic acids is 2. The van der Waals surface area contributed by atoms with Crippen molar-refractivity contribution in [3.63, 3.8) is 0 Å². The monoisotopic (exact) mass is 412 g/mol. The van der Waals surface area contributed by atoms with Gasteiger partial charge in [-0.15, -0.1) is 0 Å². The number of carbonyl (C=O) groups is 2. The summed E-state index contributed by atoms with van der Waals surface area (Å²) in [5, 5.41) is 7.36. The van der Waals surface area contributed by atoms with Gasteiger partial charge in [-0.1, -0.05) is 29.8 Å². The van der Waals surface area contributed by atoms with E-state index in [1.54, 1.807) is 21.8 Å². The standard InChI is InChI=1S/C22H28N4O4/c1-17-2-4-18(5-3-17)22(7-12-29-13-8-22)21(28)23-19-6-9-26(24-19)16-20(27)25-10-14-30-15-11-25/h2-6,9H,7-8,10-16H2,1H3,(H,23,24,28). The zero-order chi connectivity index (χ0) is 21.0. The summed E-state index contributed by atoms with van der Waals surface area (Å²) in [5.74, 6) is 0.368. The fourth-order valence-electron chi connectivity index (χ4n) is 4.04. The highest BCUT2D eigenvalue weighted by molar-refractivity contribution is 5.98. The Morgan fingerprint density at radius 2 is 1.70 bits per heavy atom. The van der Waals surface area contributed by atoms with Gasteiger partial charge in [0.25, 0.3) is 0 Å². The highest BCUT2D eigenvalue weighted by atomic mass is 16.5. The first-order valence-electron chi connectivity index (χ1n) is 10.4. The average molecular weight is 412 g/mol. The molecule has 30 heavy (non-hydrogen) atoms. The molecule has 1 N–H and O–H groups in total. The summed E-state index contributed by atoms with van der Waals surface area (Å²) in [6.07, 6.45) is 2.97. The van der Waals surface area contributed by atoms with Crippen LogP contribution in [-0.2, 0) is 31.0 Å². The molecular formula is C22H28N4O4. The van der Waals surface area contributed by atoms with Gasteiger partial charge in [-0.05, 0) is 25.3 Å². The second-order valence-electron chi connectivity index (χ2n) is 7.91. The third kappa shape index (κ3) is 4.39. The molecule has 2 aliphatic rings. The molecule has 4 rings (SSSR count). The van der Waals surface area contributed by atoms with E-state index in [0.717, 1.165) is 11.1 Å². The second-order valence-corrected chi connectivity index (χ2v) is 7.91. The first-order valence-corrected chi connectivity index (χ1v) is 10.4. The Labute approximate surface area is 176 Å². The Hall–Kier alpha value is -2.71. The zero-order valence-corrected chi connectivity index (χ0v) is 17.3. The molecule has 1 aromatic heterocycles. The SMILES string of the molecule is Cc1ccc(C2(C(=O)Nc3ccn(CC(=O)N4CCOCC4)n3)CCOCC2)cc1. The minimum atomic E-state index is -0.640. The molecule has 0 unspecified atom stereocenters. The summed E-state index contributed by atoms with van der Waals surface area (Å²) in [6.45, 7) is 5.61. The van der Waals surface area contributed by atoms with Crippen LogP contribution < -0.4 is 5.32 Å². The molecule has 1 aromatic carbocycles. The van der Waals surface area contributed by atoms with Crippen molar-refractivity contribution < 1.29 is 19.1 Å². The molecule has 2 saturated heterocycles. The Balaban J connectivity index is 1.45. The molecule has 2 amide bonds. The number of benzene rings is 1. The smallest absolute Gasteiger partial charge is 0.244 e. The lowest BCUT2D eigenvalue weighted by molar-refractivity contribution is -0.136. The quantitative estimate of drug-likeness (QED) is 0.809. The van der Waals surface area contributed by atoms with Crippen molar-refractivity contribution in [3.8, 4) is 0 Å². The zero-order valence-electron chi connectivity index (χ0n) is 17.3. The first-order chi connectivity index (χ1) is 14.6. The van der Waals surface area contributed by atoms with Gasteiger partial charge < -0.3 is 19.7 Å². The van der Waals surface area contributed by atoms with Gasteiger partial charge in [-0.3, -0.25) is 14.3 Å². The van der Waals surface area contributed by atoms with E-state index in [4.69, 9.17) is 9.47 Å². The molecule has 0 bridgehead atoms. The van der Waals surface area contributed by atoms with Crippen LogP contribution >= 0.6 is 0 Å². The summed E-state index contributed by atoms with van der Waals surface area (Å²) in [6, 6.07) is 9.85. The van der Waals surface area contributed by atoms with E-state index >= 15 is 0 Å². The summed E-state index contributed by atoms with van der Waals surface area (Å²) < 4.78 is 12.4. The molecule has 0 saturated carbocycles. The number of ether oxygens (including phenoxy) is 2. The number of hydrogen-bond acceptors (Lipinski definition) is 5. The fourth-order valence-corrected chi connectivity index (χ4v) is 4.04. The van der Waals surface area contributed by atoms with Gasteiger partial charge in [0.05, 0.1) is 18.6 Å². The molecule has 8 heteroatoms. The minimum absolute atomic E-state index is 0.000156. The number of morpholine rings is 1. The van der Waals surface area contributed by atoms with Crippen LogP contribution in [0.1, 0.15) is 24.0 Å². The van der Waals surface area contributed by atoms with Crippen molar-refractivity contribution in [2.45, 2.75) is 31.7 Å². The number of hydrogen-bond donors (Lipinski definition) is 1. The van der Waals surface area contributed by atoms with Gasteiger partial charge >= 0.3 is 0 Å².